The summed E-state index contributed by atoms with van der Waals surface area (Å²) in [6, 6.07) is 11.6. The van der Waals surface area contributed by atoms with Crippen LogP contribution in [-0.2, 0) is 11.3 Å². The van der Waals surface area contributed by atoms with Crippen LogP contribution in [-0.4, -0.2) is 12.2 Å². The van der Waals surface area contributed by atoms with Crippen LogP contribution in [0.1, 0.15) is 5.56 Å². The van der Waals surface area contributed by atoms with E-state index < -0.39 is 0 Å². The van der Waals surface area contributed by atoms with Gasteiger partial charge in [-0.25, -0.2) is 0 Å². The lowest BCUT2D eigenvalue weighted by Gasteiger charge is -2.07. The van der Waals surface area contributed by atoms with E-state index in [2.05, 4.69) is 0 Å². The molecule has 1 N–H and O–H groups in total. The predicted molar refractivity (Wildman–Crippen MR) is 56.3 cm³/mol. The zero-order chi connectivity index (χ0) is 9.97. The minimum Gasteiger partial charge on any atom is -0.508 e. The van der Waals surface area contributed by atoms with Crippen LogP contribution in [0.25, 0.3) is 10.8 Å². The second kappa shape index (κ2) is 3.68. The number of phenolic OH excluding ortho intramolecular Hbond substituents is 1. The van der Waals surface area contributed by atoms with Gasteiger partial charge in [0.1, 0.15) is 5.75 Å². The Kier molecular flexibility index (Phi) is 2.37. The van der Waals surface area contributed by atoms with E-state index in [0.29, 0.717) is 12.4 Å². The Morgan fingerprint density at radius 3 is 2.71 bits per heavy atom. The van der Waals surface area contributed by atoms with Crippen molar-refractivity contribution in [2.24, 2.45) is 0 Å². The lowest BCUT2D eigenvalue weighted by atomic mass is 10.0. The second-order valence-corrected chi connectivity index (χ2v) is 3.22. The number of methoxy groups -OCH3 is 1. The molecule has 0 aliphatic carbocycles. The fourth-order valence-electron chi connectivity index (χ4n) is 1.62. The number of benzene rings is 2. The smallest absolute Gasteiger partial charge is 0.121 e. The maximum Gasteiger partial charge on any atom is 0.121 e. The first-order chi connectivity index (χ1) is 6.83. The Morgan fingerprint density at radius 1 is 1.14 bits per heavy atom. The Balaban J connectivity index is 2.69. The highest BCUT2D eigenvalue weighted by atomic mass is 16.5. The third-order valence-corrected chi connectivity index (χ3v) is 2.30. The van der Waals surface area contributed by atoms with Gasteiger partial charge in [0.2, 0.25) is 0 Å². The summed E-state index contributed by atoms with van der Waals surface area (Å²) in [5.41, 5.74) is 0.852. The highest BCUT2D eigenvalue weighted by molar-refractivity contribution is 5.87. The van der Waals surface area contributed by atoms with Crippen LogP contribution in [0.3, 0.4) is 0 Å². The molecule has 2 heteroatoms. The molecule has 0 bridgehead atoms. The third kappa shape index (κ3) is 1.44. The van der Waals surface area contributed by atoms with Crippen LogP contribution in [0, 0.1) is 0 Å². The van der Waals surface area contributed by atoms with E-state index in [4.69, 9.17) is 4.74 Å². The summed E-state index contributed by atoms with van der Waals surface area (Å²) in [5.74, 6) is 0.297. The molecule has 0 heterocycles. The van der Waals surface area contributed by atoms with Gasteiger partial charge in [-0.1, -0.05) is 30.3 Å². The van der Waals surface area contributed by atoms with Gasteiger partial charge in [-0.2, -0.15) is 0 Å². The molecule has 0 aliphatic heterocycles. The van der Waals surface area contributed by atoms with Crippen LogP contribution < -0.4 is 0 Å². The minimum atomic E-state index is 0.297. The van der Waals surface area contributed by atoms with Gasteiger partial charge < -0.3 is 9.84 Å². The first kappa shape index (κ1) is 9.03. The number of ether oxygens (including phenoxy) is 1. The van der Waals surface area contributed by atoms with Gasteiger partial charge in [0.05, 0.1) is 6.61 Å². The van der Waals surface area contributed by atoms with Crippen molar-refractivity contribution in [3.63, 3.8) is 0 Å². The molecular weight excluding hydrogens is 176 g/mol. The van der Waals surface area contributed by atoms with Crippen LogP contribution >= 0.6 is 0 Å². The molecule has 2 rings (SSSR count). The summed E-state index contributed by atoms with van der Waals surface area (Å²) in [6.45, 7) is 0.438. The van der Waals surface area contributed by atoms with Gasteiger partial charge in [0.25, 0.3) is 0 Å². The molecule has 0 spiro atoms. The van der Waals surface area contributed by atoms with Crippen LogP contribution in [0.15, 0.2) is 36.4 Å². The van der Waals surface area contributed by atoms with E-state index >= 15 is 0 Å². The van der Waals surface area contributed by atoms with Crippen molar-refractivity contribution in [2.75, 3.05) is 7.11 Å². The van der Waals surface area contributed by atoms with E-state index in [9.17, 15) is 5.11 Å². The zero-order valence-electron chi connectivity index (χ0n) is 8.03. The lowest BCUT2D eigenvalue weighted by Crippen LogP contribution is -1.90. The van der Waals surface area contributed by atoms with Crippen molar-refractivity contribution >= 4 is 10.8 Å². The summed E-state index contributed by atoms with van der Waals surface area (Å²) in [6.07, 6.45) is 0. The fraction of sp³-hybridized carbons (Fsp3) is 0.167. The van der Waals surface area contributed by atoms with Crippen molar-refractivity contribution < 1.29 is 9.84 Å². The van der Waals surface area contributed by atoms with Crippen molar-refractivity contribution in [1.29, 1.82) is 0 Å². The summed E-state index contributed by atoms with van der Waals surface area (Å²) in [5, 5.41) is 11.8. The lowest BCUT2D eigenvalue weighted by molar-refractivity contribution is 0.183. The standard InChI is InChI=1S/C12H12O2/c1-14-8-11-10-5-3-2-4-9(10)6-7-12(11)13/h2-7,13H,8H2,1H3. The Labute approximate surface area is 82.8 Å². The number of rotatable bonds is 2. The van der Waals surface area contributed by atoms with Crippen LogP contribution in [0.2, 0.25) is 0 Å². The number of hydrogen-bond acceptors (Lipinski definition) is 2. The maximum absolute atomic E-state index is 9.66. The number of fused-ring (bicyclic) bond motifs is 1. The van der Waals surface area contributed by atoms with E-state index in [1.807, 2.05) is 30.3 Å². The average molecular weight is 188 g/mol. The quantitative estimate of drug-likeness (QED) is 0.785. The molecule has 0 amide bonds. The largest absolute Gasteiger partial charge is 0.508 e. The van der Waals surface area contributed by atoms with Gasteiger partial charge in [0, 0.05) is 12.7 Å². The third-order valence-electron chi connectivity index (χ3n) is 2.30. The molecule has 0 unspecified atom stereocenters. The minimum absolute atomic E-state index is 0.297. The van der Waals surface area contributed by atoms with Crippen LogP contribution in [0.5, 0.6) is 5.75 Å². The molecule has 0 aromatic heterocycles. The summed E-state index contributed by atoms with van der Waals surface area (Å²) in [4.78, 5) is 0. The molecule has 0 fully saturated rings. The molecule has 0 saturated heterocycles. The van der Waals surface area contributed by atoms with Gasteiger partial charge in [-0.15, -0.1) is 0 Å². The van der Waals surface area contributed by atoms with Crippen molar-refractivity contribution in [2.45, 2.75) is 6.61 Å². The van der Waals surface area contributed by atoms with Gasteiger partial charge in [-0.3, -0.25) is 0 Å². The highest BCUT2D eigenvalue weighted by Gasteiger charge is 2.05. The molecule has 2 aromatic carbocycles. The Hall–Kier alpha value is -1.54. The van der Waals surface area contributed by atoms with Crippen molar-refractivity contribution in [3.8, 4) is 5.75 Å². The van der Waals surface area contributed by atoms with E-state index in [-0.39, 0.29) is 0 Å². The first-order valence-electron chi connectivity index (χ1n) is 4.51. The predicted octanol–water partition coefficient (Wildman–Crippen LogP) is 2.69. The molecule has 0 saturated carbocycles. The SMILES string of the molecule is COCc1c(O)ccc2ccccc12. The van der Waals surface area contributed by atoms with E-state index in [1.54, 1.807) is 13.2 Å². The zero-order valence-corrected chi connectivity index (χ0v) is 8.03. The van der Waals surface area contributed by atoms with Gasteiger partial charge in [0.15, 0.2) is 0 Å². The van der Waals surface area contributed by atoms with Gasteiger partial charge >= 0.3 is 0 Å². The molecule has 0 aliphatic rings. The summed E-state index contributed by atoms with van der Waals surface area (Å²) < 4.78 is 5.06. The van der Waals surface area contributed by atoms with Crippen molar-refractivity contribution in [1.82, 2.24) is 0 Å². The molecule has 2 aromatic rings. The normalized spacial score (nSPS) is 10.6. The number of aromatic hydroxyl groups is 1. The summed E-state index contributed by atoms with van der Waals surface area (Å²) in [7, 11) is 1.63. The second-order valence-electron chi connectivity index (χ2n) is 3.22. The molecular formula is C12H12O2. The van der Waals surface area contributed by atoms with Crippen molar-refractivity contribution in [3.05, 3.63) is 42.0 Å². The summed E-state index contributed by atoms with van der Waals surface area (Å²) >= 11 is 0. The van der Waals surface area contributed by atoms with Gasteiger partial charge in [-0.05, 0) is 16.8 Å². The highest BCUT2D eigenvalue weighted by Crippen LogP contribution is 2.27. The maximum atomic E-state index is 9.66. The number of hydrogen-bond donors (Lipinski definition) is 1. The molecule has 0 radical (unpaired) electrons. The van der Waals surface area contributed by atoms with E-state index in [0.717, 1.165) is 16.3 Å². The average Bonchev–Trinajstić information content (AvgIpc) is 2.23. The first-order valence-corrected chi connectivity index (χ1v) is 4.51. The van der Waals surface area contributed by atoms with E-state index in [1.165, 1.54) is 0 Å². The molecule has 72 valence electrons. The topological polar surface area (TPSA) is 29.5 Å². The monoisotopic (exact) mass is 188 g/mol. The number of phenols is 1. The molecule has 0 atom stereocenters. The fourth-order valence-corrected chi connectivity index (χ4v) is 1.62. The Morgan fingerprint density at radius 2 is 1.93 bits per heavy atom. The molecule has 14 heavy (non-hydrogen) atoms. The molecule has 2 nitrogen and oxygen atoms in total. The van der Waals surface area contributed by atoms with Crippen LogP contribution in [0.4, 0.5) is 0 Å². The Bertz CT molecular complexity index is 449.